The lowest BCUT2D eigenvalue weighted by Gasteiger charge is -2.05. The molecule has 5 nitrogen and oxygen atoms in total. The maximum absolute atomic E-state index is 12.7. The van der Waals surface area contributed by atoms with Crippen molar-refractivity contribution in [1.82, 2.24) is 19.9 Å². The third-order valence-corrected chi connectivity index (χ3v) is 4.85. The molecule has 0 radical (unpaired) electrons. The zero-order valence-corrected chi connectivity index (χ0v) is 12.8. The van der Waals surface area contributed by atoms with Gasteiger partial charge in [0.1, 0.15) is 0 Å². The Hall–Kier alpha value is -2.02. The Labute approximate surface area is 137 Å². The van der Waals surface area contributed by atoms with Crippen LogP contribution in [0.5, 0.6) is 0 Å². The first kappa shape index (κ1) is 16.8. The molecule has 0 aliphatic carbocycles. The first-order chi connectivity index (χ1) is 11.1. The summed E-state index contributed by atoms with van der Waals surface area (Å²) >= 11 is 1.68. The molecular weight excluding hydrogens is 380 g/mol. The molecule has 0 aliphatic rings. The molecule has 0 amide bonds. The second-order valence-corrected chi connectivity index (χ2v) is 6.68. The quantitative estimate of drug-likeness (QED) is 0.537. The van der Waals surface area contributed by atoms with Crippen LogP contribution in [0.4, 0.5) is 26.3 Å². The van der Waals surface area contributed by atoms with Gasteiger partial charge >= 0.3 is 12.4 Å². The van der Waals surface area contributed by atoms with Crippen molar-refractivity contribution in [2.75, 3.05) is 5.84 Å². The van der Waals surface area contributed by atoms with Gasteiger partial charge in [0.05, 0.1) is 15.8 Å². The molecule has 13 heteroatoms. The summed E-state index contributed by atoms with van der Waals surface area (Å²) in [5.74, 6) is 3.91. The van der Waals surface area contributed by atoms with Crippen molar-refractivity contribution in [3.63, 3.8) is 0 Å². The summed E-state index contributed by atoms with van der Waals surface area (Å²) in [4.78, 5) is 3.96. The van der Waals surface area contributed by atoms with E-state index in [2.05, 4.69) is 15.2 Å². The fourth-order valence-corrected chi connectivity index (χ4v) is 3.65. The first-order valence-electron chi connectivity index (χ1n) is 5.99. The molecule has 24 heavy (non-hydrogen) atoms. The van der Waals surface area contributed by atoms with Crippen molar-refractivity contribution in [1.29, 1.82) is 0 Å². The monoisotopic (exact) mass is 385 g/mol. The summed E-state index contributed by atoms with van der Waals surface area (Å²) < 4.78 is 76.7. The lowest BCUT2D eigenvalue weighted by Crippen LogP contribution is -2.21. The fraction of sp³-hybridized carbons (Fsp3) is 0.182. The van der Waals surface area contributed by atoms with Crippen LogP contribution in [0.3, 0.4) is 0 Å². The molecule has 0 atom stereocenters. The second-order valence-electron chi connectivity index (χ2n) is 4.44. The Morgan fingerprint density at radius 3 is 2.33 bits per heavy atom. The van der Waals surface area contributed by atoms with Crippen molar-refractivity contribution in [3.8, 4) is 0 Å². The van der Waals surface area contributed by atoms with E-state index in [1.807, 2.05) is 0 Å². The average Bonchev–Trinajstić information content (AvgIpc) is 3.00. The van der Waals surface area contributed by atoms with E-state index in [1.54, 1.807) is 0 Å². The molecule has 0 aliphatic heterocycles. The number of thiazole rings is 1. The van der Waals surface area contributed by atoms with Crippen LogP contribution in [0.15, 0.2) is 27.7 Å². The summed E-state index contributed by atoms with van der Waals surface area (Å²) in [6, 6.07) is 3.01. The van der Waals surface area contributed by atoms with Gasteiger partial charge in [-0.15, -0.1) is 21.5 Å². The van der Waals surface area contributed by atoms with E-state index in [-0.39, 0.29) is 19.7 Å². The van der Waals surface area contributed by atoms with E-state index >= 15 is 0 Å². The first-order valence-corrected chi connectivity index (χ1v) is 7.62. The van der Waals surface area contributed by atoms with Crippen LogP contribution in [-0.4, -0.2) is 19.9 Å². The molecule has 0 fully saturated rings. The van der Waals surface area contributed by atoms with Gasteiger partial charge in [0, 0.05) is 0 Å². The molecule has 0 saturated heterocycles. The second kappa shape index (κ2) is 5.51. The van der Waals surface area contributed by atoms with E-state index in [0.29, 0.717) is 16.5 Å². The van der Waals surface area contributed by atoms with E-state index in [9.17, 15) is 26.3 Å². The van der Waals surface area contributed by atoms with Gasteiger partial charge in [0.2, 0.25) is 5.16 Å². The van der Waals surface area contributed by atoms with Gasteiger partial charge in [-0.2, -0.15) is 26.3 Å². The van der Waals surface area contributed by atoms with E-state index in [4.69, 9.17) is 5.84 Å². The van der Waals surface area contributed by atoms with Crippen molar-refractivity contribution in [2.45, 2.75) is 21.8 Å². The van der Waals surface area contributed by atoms with Crippen molar-refractivity contribution >= 4 is 33.3 Å². The van der Waals surface area contributed by atoms with Gasteiger partial charge in [0.15, 0.2) is 4.34 Å². The van der Waals surface area contributed by atoms with Gasteiger partial charge in [0.25, 0.3) is 5.82 Å². The summed E-state index contributed by atoms with van der Waals surface area (Å²) in [6.07, 6.45) is -9.28. The summed E-state index contributed by atoms with van der Waals surface area (Å²) in [6.45, 7) is 0. The standard InChI is InChI=1S/C11H5F6N5S2/c12-10(13,14)4-1-2-6-5(3-4)19-9(23-6)24-8-21-20-7(22(8)18)11(15,16)17/h1-3H,18H2. The Bertz CT molecular complexity index is 897. The Morgan fingerprint density at radius 1 is 1.04 bits per heavy atom. The number of aromatic nitrogens is 4. The smallest absolute Gasteiger partial charge is 0.335 e. The highest BCUT2D eigenvalue weighted by atomic mass is 32.2. The highest BCUT2D eigenvalue weighted by Gasteiger charge is 2.38. The number of nitrogens with zero attached hydrogens (tertiary/aromatic N) is 4. The summed E-state index contributed by atoms with van der Waals surface area (Å²) in [7, 11) is 0. The number of benzene rings is 1. The highest BCUT2D eigenvalue weighted by molar-refractivity contribution is 8.01. The number of nitrogens with two attached hydrogens (primary N) is 1. The van der Waals surface area contributed by atoms with Crippen molar-refractivity contribution in [3.05, 3.63) is 29.6 Å². The van der Waals surface area contributed by atoms with E-state index < -0.39 is 23.7 Å². The largest absolute Gasteiger partial charge is 0.453 e. The molecule has 2 aromatic heterocycles. The maximum Gasteiger partial charge on any atom is 0.453 e. The predicted molar refractivity (Wildman–Crippen MR) is 73.9 cm³/mol. The normalized spacial score (nSPS) is 12.9. The van der Waals surface area contributed by atoms with Crippen LogP contribution in [0.25, 0.3) is 10.2 Å². The summed E-state index contributed by atoms with van der Waals surface area (Å²) in [5.41, 5.74) is -0.783. The zero-order chi connectivity index (χ0) is 17.7. The molecule has 0 spiro atoms. The number of nitrogen functional groups attached to an aromatic ring is 1. The number of rotatable bonds is 2. The lowest BCUT2D eigenvalue weighted by molar-refractivity contribution is -0.146. The Morgan fingerprint density at radius 2 is 1.75 bits per heavy atom. The lowest BCUT2D eigenvalue weighted by atomic mass is 10.2. The van der Waals surface area contributed by atoms with Crippen LogP contribution < -0.4 is 5.84 Å². The zero-order valence-electron chi connectivity index (χ0n) is 11.2. The van der Waals surface area contributed by atoms with Gasteiger partial charge in [-0.25, -0.2) is 9.66 Å². The molecule has 3 aromatic rings. The van der Waals surface area contributed by atoms with Crippen LogP contribution in [0, 0.1) is 0 Å². The Balaban J connectivity index is 1.93. The average molecular weight is 385 g/mol. The molecule has 0 saturated carbocycles. The molecule has 128 valence electrons. The SMILES string of the molecule is Nn1c(Sc2nc3cc(C(F)(F)F)ccc3s2)nnc1C(F)(F)F. The maximum atomic E-state index is 12.7. The number of halogens is 6. The van der Waals surface area contributed by atoms with Crippen LogP contribution in [0.1, 0.15) is 11.4 Å². The molecule has 2 heterocycles. The number of fused-ring (bicyclic) bond motifs is 1. The third kappa shape index (κ3) is 3.13. The molecule has 0 bridgehead atoms. The van der Waals surface area contributed by atoms with Gasteiger partial charge in [-0.05, 0) is 30.0 Å². The Kier molecular flexibility index (Phi) is 3.86. The van der Waals surface area contributed by atoms with Gasteiger partial charge < -0.3 is 5.84 Å². The van der Waals surface area contributed by atoms with Crippen molar-refractivity contribution in [2.24, 2.45) is 0 Å². The van der Waals surface area contributed by atoms with Crippen molar-refractivity contribution < 1.29 is 26.3 Å². The molecule has 3 rings (SSSR count). The highest BCUT2D eigenvalue weighted by Crippen LogP contribution is 2.37. The molecular formula is C11H5F6N5S2. The van der Waals surface area contributed by atoms with E-state index in [0.717, 1.165) is 23.5 Å². The van der Waals surface area contributed by atoms with Crippen LogP contribution >= 0.6 is 23.1 Å². The number of hydrogen-bond acceptors (Lipinski definition) is 6. The summed E-state index contributed by atoms with van der Waals surface area (Å²) in [5, 5.41) is 6.00. The number of hydrogen-bond donors (Lipinski definition) is 1. The third-order valence-electron chi connectivity index (χ3n) is 2.79. The molecule has 1 aromatic carbocycles. The molecule has 2 N–H and O–H groups in total. The van der Waals surface area contributed by atoms with Crippen LogP contribution in [-0.2, 0) is 12.4 Å². The fourth-order valence-electron chi connectivity index (χ4n) is 1.74. The van der Waals surface area contributed by atoms with Gasteiger partial charge in [-0.1, -0.05) is 0 Å². The van der Waals surface area contributed by atoms with Crippen LogP contribution in [0.2, 0.25) is 0 Å². The van der Waals surface area contributed by atoms with Gasteiger partial charge in [-0.3, -0.25) is 0 Å². The minimum atomic E-state index is -4.77. The number of alkyl halides is 6. The minimum absolute atomic E-state index is 0.0801. The topological polar surface area (TPSA) is 69.6 Å². The minimum Gasteiger partial charge on any atom is -0.335 e. The van der Waals surface area contributed by atoms with E-state index in [1.165, 1.54) is 6.07 Å². The molecule has 0 unspecified atom stereocenters. The predicted octanol–water partition coefficient (Wildman–Crippen LogP) is 3.79.